The molecule has 0 aliphatic heterocycles. The highest BCUT2D eigenvalue weighted by atomic mass is 35.5. The van der Waals surface area contributed by atoms with Crippen molar-refractivity contribution >= 4 is 35.6 Å². The van der Waals surface area contributed by atoms with Crippen LogP contribution in [0.1, 0.15) is 24.0 Å². The number of aromatic amines is 1. The molecule has 0 spiro atoms. The van der Waals surface area contributed by atoms with E-state index in [-0.39, 0.29) is 18.9 Å². The zero-order valence-electron chi connectivity index (χ0n) is 17.8. The molecule has 3 N–H and O–H groups in total. The Morgan fingerprint density at radius 1 is 1.16 bits per heavy atom. The van der Waals surface area contributed by atoms with Gasteiger partial charge in [-0.2, -0.15) is 5.10 Å². The first-order valence-electron chi connectivity index (χ1n) is 10.0. The summed E-state index contributed by atoms with van der Waals surface area (Å²) < 4.78 is 7.56. The SMILES string of the molecule is Cc1cccc(-c2n[nH]c(=S)n2CC(=O)NNC(=O)CCCOc2ccc(Cl)cc2C)c1. The van der Waals surface area contributed by atoms with Gasteiger partial charge in [-0.1, -0.05) is 35.4 Å². The molecule has 10 heteroatoms. The number of carbonyl (C=O) groups excluding carboxylic acids is 2. The Kier molecular flexibility index (Phi) is 8.02. The van der Waals surface area contributed by atoms with Crippen LogP contribution in [-0.4, -0.2) is 33.2 Å². The number of nitrogens with zero attached hydrogens (tertiary/aromatic N) is 2. The van der Waals surface area contributed by atoms with Gasteiger partial charge in [0.1, 0.15) is 12.3 Å². The van der Waals surface area contributed by atoms with E-state index in [4.69, 9.17) is 28.6 Å². The number of aryl methyl sites for hydroxylation is 2. The minimum absolute atomic E-state index is 0.0855. The largest absolute Gasteiger partial charge is 0.493 e. The standard InChI is InChI=1S/C22H24ClN5O3S/c1-14-5-3-6-16(11-14)21-26-27-22(32)28(21)13-20(30)25-24-19(29)7-4-10-31-18-9-8-17(23)12-15(18)2/h3,5-6,8-9,11-12H,4,7,10,13H2,1-2H3,(H,24,29)(H,25,30)(H,27,32). The van der Waals surface area contributed by atoms with E-state index in [0.29, 0.717) is 28.6 Å². The van der Waals surface area contributed by atoms with Crippen LogP contribution in [0, 0.1) is 18.6 Å². The number of benzene rings is 2. The van der Waals surface area contributed by atoms with Gasteiger partial charge in [0.2, 0.25) is 5.91 Å². The van der Waals surface area contributed by atoms with E-state index in [2.05, 4.69) is 21.0 Å². The predicted octanol–water partition coefficient (Wildman–Crippen LogP) is 3.88. The highest BCUT2D eigenvalue weighted by Gasteiger charge is 2.13. The second kappa shape index (κ2) is 10.9. The van der Waals surface area contributed by atoms with Gasteiger partial charge in [-0.15, -0.1) is 0 Å². The number of hydrogen-bond acceptors (Lipinski definition) is 5. The maximum absolute atomic E-state index is 12.3. The van der Waals surface area contributed by atoms with Gasteiger partial charge in [-0.05, 0) is 62.3 Å². The molecule has 0 radical (unpaired) electrons. The molecule has 0 unspecified atom stereocenters. The average Bonchev–Trinajstić information content (AvgIpc) is 3.11. The lowest BCUT2D eigenvalue weighted by Gasteiger charge is -2.11. The molecule has 32 heavy (non-hydrogen) atoms. The summed E-state index contributed by atoms with van der Waals surface area (Å²) in [5, 5.41) is 7.57. The molecule has 168 valence electrons. The van der Waals surface area contributed by atoms with Crippen molar-refractivity contribution in [3.63, 3.8) is 0 Å². The number of carbonyl (C=O) groups is 2. The van der Waals surface area contributed by atoms with E-state index in [0.717, 1.165) is 22.4 Å². The number of rotatable bonds is 8. The van der Waals surface area contributed by atoms with Gasteiger partial charge in [0.05, 0.1) is 6.61 Å². The highest BCUT2D eigenvalue weighted by Crippen LogP contribution is 2.22. The summed E-state index contributed by atoms with van der Waals surface area (Å²) in [6.45, 7) is 4.16. The monoisotopic (exact) mass is 473 g/mol. The van der Waals surface area contributed by atoms with Crippen LogP contribution in [0.3, 0.4) is 0 Å². The molecular formula is C22H24ClN5O3S. The predicted molar refractivity (Wildman–Crippen MR) is 125 cm³/mol. The summed E-state index contributed by atoms with van der Waals surface area (Å²) in [6.07, 6.45) is 0.695. The maximum atomic E-state index is 12.3. The number of nitrogens with one attached hydrogen (secondary N) is 3. The number of halogens is 1. The van der Waals surface area contributed by atoms with Crippen LogP contribution in [0.2, 0.25) is 5.02 Å². The van der Waals surface area contributed by atoms with Crippen LogP contribution in [0.25, 0.3) is 11.4 Å². The number of H-pyrrole nitrogens is 1. The summed E-state index contributed by atoms with van der Waals surface area (Å²) in [5.41, 5.74) is 7.65. The number of aromatic nitrogens is 3. The third-order valence-corrected chi connectivity index (χ3v) is 5.17. The molecule has 3 aromatic rings. The number of amides is 2. The zero-order chi connectivity index (χ0) is 23.1. The van der Waals surface area contributed by atoms with Crippen molar-refractivity contribution in [3.8, 4) is 17.1 Å². The first-order chi connectivity index (χ1) is 15.3. The van der Waals surface area contributed by atoms with Gasteiger partial charge in [-0.25, -0.2) is 0 Å². The zero-order valence-corrected chi connectivity index (χ0v) is 19.3. The van der Waals surface area contributed by atoms with E-state index < -0.39 is 5.91 Å². The molecule has 1 aromatic heterocycles. The van der Waals surface area contributed by atoms with Crippen molar-refractivity contribution in [2.24, 2.45) is 0 Å². The Hall–Kier alpha value is -3.17. The molecule has 0 bridgehead atoms. The lowest BCUT2D eigenvalue weighted by atomic mass is 10.1. The Morgan fingerprint density at radius 2 is 1.94 bits per heavy atom. The van der Waals surface area contributed by atoms with E-state index in [1.54, 1.807) is 16.7 Å². The van der Waals surface area contributed by atoms with Crippen molar-refractivity contribution in [2.75, 3.05) is 6.61 Å². The molecule has 0 saturated heterocycles. The summed E-state index contributed by atoms with van der Waals surface area (Å²) >= 11 is 11.2. The molecule has 0 atom stereocenters. The van der Waals surface area contributed by atoms with Crippen LogP contribution in [0.15, 0.2) is 42.5 Å². The fraction of sp³-hybridized carbons (Fsp3) is 0.273. The molecule has 0 aliphatic carbocycles. The summed E-state index contributed by atoms with van der Waals surface area (Å²) in [7, 11) is 0. The topological polar surface area (TPSA) is 101 Å². The van der Waals surface area contributed by atoms with Gasteiger partial charge in [0, 0.05) is 17.0 Å². The Morgan fingerprint density at radius 3 is 2.69 bits per heavy atom. The molecule has 2 aromatic carbocycles. The first-order valence-corrected chi connectivity index (χ1v) is 10.8. The lowest BCUT2D eigenvalue weighted by molar-refractivity contribution is -0.129. The van der Waals surface area contributed by atoms with Crippen molar-refractivity contribution in [1.29, 1.82) is 0 Å². The van der Waals surface area contributed by atoms with E-state index in [1.807, 2.05) is 44.2 Å². The fourth-order valence-electron chi connectivity index (χ4n) is 3.04. The average molecular weight is 474 g/mol. The summed E-state index contributed by atoms with van der Waals surface area (Å²) in [4.78, 5) is 24.3. The minimum Gasteiger partial charge on any atom is -0.493 e. The second-order valence-corrected chi connectivity index (χ2v) is 8.09. The highest BCUT2D eigenvalue weighted by molar-refractivity contribution is 7.71. The maximum Gasteiger partial charge on any atom is 0.258 e. The van der Waals surface area contributed by atoms with Gasteiger partial charge in [-0.3, -0.25) is 30.1 Å². The molecule has 0 aliphatic rings. The van der Waals surface area contributed by atoms with E-state index in [1.165, 1.54) is 0 Å². The second-order valence-electron chi connectivity index (χ2n) is 7.27. The van der Waals surface area contributed by atoms with Crippen LogP contribution in [-0.2, 0) is 16.1 Å². The van der Waals surface area contributed by atoms with Gasteiger partial charge >= 0.3 is 0 Å². The Balaban J connectivity index is 1.45. The normalized spacial score (nSPS) is 10.6. The van der Waals surface area contributed by atoms with Gasteiger partial charge in [0.25, 0.3) is 5.91 Å². The van der Waals surface area contributed by atoms with Gasteiger partial charge in [0.15, 0.2) is 10.6 Å². The van der Waals surface area contributed by atoms with E-state index >= 15 is 0 Å². The molecular weight excluding hydrogens is 450 g/mol. The third-order valence-electron chi connectivity index (χ3n) is 4.62. The smallest absolute Gasteiger partial charge is 0.258 e. The molecule has 0 saturated carbocycles. The van der Waals surface area contributed by atoms with Crippen molar-refractivity contribution < 1.29 is 14.3 Å². The van der Waals surface area contributed by atoms with E-state index in [9.17, 15) is 9.59 Å². The quantitative estimate of drug-likeness (QED) is 0.262. The molecule has 1 heterocycles. The van der Waals surface area contributed by atoms with Crippen LogP contribution in [0.5, 0.6) is 5.75 Å². The first kappa shape index (κ1) is 23.5. The molecule has 3 rings (SSSR count). The van der Waals surface area contributed by atoms with Crippen molar-refractivity contribution in [3.05, 3.63) is 63.4 Å². The van der Waals surface area contributed by atoms with Crippen molar-refractivity contribution in [2.45, 2.75) is 33.2 Å². The Labute approximate surface area is 195 Å². The summed E-state index contributed by atoms with van der Waals surface area (Å²) in [6, 6.07) is 13.1. The lowest BCUT2D eigenvalue weighted by Crippen LogP contribution is -2.43. The van der Waals surface area contributed by atoms with Crippen LogP contribution >= 0.6 is 23.8 Å². The molecule has 2 amide bonds. The Bertz CT molecular complexity index is 1170. The molecule has 0 fully saturated rings. The summed E-state index contributed by atoms with van der Waals surface area (Å²) in [5.74, 6) is 0.543. The fourth-order valence-corrected chi connectivity index (χ4v) is 3.47. The third kappa shape index (κ3) is 6.41. The van der Waals surface area contributed by atoms with Crippen LogP contribution < -0.4 is 15.6 Å². The molecule has 8 nitrogen and oxygen atoms in total. The van der Waals surface area contributed by atoms with Crippen LogP contribution in [0.4, 0.5) is 0 Å². The number of ether oxygens (including phenoxy) is 1. The minimum atomic E-state index is -0.419. The van der Waals surface area contributed by atoms with Crippen molar-refractivity contribution in [1.82, 2.24) is 25.6 Å². The number of hydrogen-bond donors (Lipinski definition) is 3. The number of hydrazine groups is 1. The van der Waals surface area contributed by atoms with Gasteiger partial charge < -0.3 is 4.74 Å².